The zero-order valence-electron chi connectivity index (χ0n) is 12.9. The molecule has 0 atom stereocenters. The van der Waals surface area contributed by atoms with Crippen LogP contribution >= 0.6 is 31.9 Å². The van der Waals surface area contributed by atoms with E-state index in [-0.39, 0.29) is 0 Å². The Labute approximate surface area is 152 Å². The normalized spacial score (nSPS) is 11.5. The van der Waals surface area contributed by atoms with Crippen molar-refractivity contribution in [1.82, 2.24) is 4.57 Å². The Morgan fingerprint density at radius 2 is 1.26 bits per heavy atom. The Balaban J connectivity index is 2.21. The van der Waals surface area contributed by atoms with Crippen molar-refractivity contribution in [3.8, 4) is 5.69 Å². The molecule has 0 aliphatic carbocycles. The van der Waals surface area contributed by atoms with Crippen LogP contribution in [-0.4, -0.2) is 4.57 Å². The van der Waals surface area contributed by atoms with Crippen molar-refractivity contribution in [2.75, 3.05) is 0 Å². The second-order valence-corrected chi connectivity index (χ2v) is 7.78. The molecule has 0 unspecified atom stereocenters. The molecule has 0 bridgehead atoms. The maximum atomic E-state index is 3.62. The third-order valence-electron chi connectivity index (χ3n) is 4.28. The third kappa shape index (κ3) is 2.43. The van der Waals surface area contributed by atoms with E-state index in [1.165, 1.54) is 38.6 Å². The predicted molar refractivity (Wildman–Crippen MR) is 106 cm³/mol. The monoisotopic (exact) mass is 427 g/mol. The molecule has 0 radical (unpaired) electrons. The van der Waals surface area contributed by atoms with Crippen LogP contribution in [0.3, 0.4) is 0 Å². The summed E-state index contributed by atoms with van der Waals surface area (Å²) in [5.74, 6) is 0. The van der Waals surface area contributed by atoms with E-state index in [4.69, 9.17) is 0 Å². The van der Waals surface area contributed by atoms with E-state index in [1.807, 2.05) is 0 Å². The molecule has 1 aromatic heterocycles. The fourth-order valence-electron chi connectivity index (χ4n) is 3.28. The first-order valence-corrected chi connectivity index (χ1v) is 9.10. The standard InChI is InChI=1S/C20H15Br2N/c1-12-3-8-18(13(2)9-12)23-19-10-14(21)4-6-16(19)17-7-5-15(22)11-20(17)23/h3-11H,1-2H3. The molecule has 0 amide bonds. The molecule has 0 saturated carbocycles. The highest BCUT2D eigenvalue weighted by Crippen LogP contribution is 2.35. The van der Waals surface area contributed by atoms with Gasteiger partial charge >= 0.3 is 0 Å². The van der Waals surface area contributed by atoms with Crippen LogP contribution in [0.4, 0.5) is 0 Å². The second-order valence-electron chi connectivity index (χ2n) is 5.95. The molecule has 1 heterocycles. The molecule has 23 heavy (non-hydrogen) atoms. The summed E-state index contributed by atoms with van der Waals surface area (Å²) < 4.78 is 4.55. The molecule has 114 valence electrons. The summed E-state index contributed by atoms with van der Waals surface area (Å²) in [5.41, 5.74) is 6.24. The fraction of sp³-hybridized carbons (Fsp3) is 0.100. The Hall–Kier alpha value is -1.58. The fourth-order valence-corrected chi connectivity index (χ4v) is 3.98. The van der Waals surface area contributed by atoms with Gasteiger partial charge in [-0.25, -0.2) is 0 Å². The number of benzene rings is 3. The van der Waals surface area contributed by atoms with Crippen molar-refractivity contribution in [2.45, 2.75) is 13.8 Å². The van der Waals surface area contributed by atoms with Crippen LogP contribution in [0, 0.1) is 13.8 Å². The second kappa shape index (κ2) is 5.50. The predicted octanol–water partition coefficient (Wildman–Crippen LogP) is 6.93. The van der Waals surface area contributed by atoms with Crippen molar-refractivity contribution in [3.05, 3.63) is 74.7 Å². The molecule has 0 spiro atoms. The molecule has 0 aliphatic rings. The number of halogens is 2. The lowest BCUT2D eigenvalue weighted by molar-refractivity contribution is 1.14. The van der Waals surface area contributed by atoms with Gasteiger partial charge in [0.25, 0.3) is 0 Å². The van der Waals surface area contributed by atoms with Gasteiger partial charge in [0.05, 0.1) is 11.0 Å². The van der Waals surface area contributed by atoms with Crippen LogP contribution in [0.2, 0.25) is 0 Å². The zero-order chi connectivity index (χ0) is 16.1. The van der Waals surface area contributed by atoms with Gasteiger partial charge in [0, 0.05) is 25.4 Å². The van der Waals surface area contributed by atoms with Crippen LogP contribution in [-0.2, 0) is 0 Å². The number of aromatic nitrogens is 1. The van der Waals surface area contributed by atoms with E-state index >= 15 is 0 Å². The van der Waals surface area contributed by atoms with Crippen molar-refractivity contribution < 1.29 is 0 Å². The molecule has 0 fully saturated rings. The van der Waals surface area contributed by atoms with Gasteiger partial charge < -0.3 is 4.57 Å². The Morgan fingerprint density at radius 3 is 1.78 bits per heavy atom. The molecule has 0 N–H and O–H groups in total. The number of rotatable bonds is 1. The molecule has 0 aliphatic heterocycles. The van der Waals surface area contributed by atoms with Gasteiger partial charge in [0.15, 0.2) is 0 Å². The SMILES string of the molecule is Cc1ccc(-n2c3cc(Br)ccc3c3ccc(Br)cc32)c(C)c1. The minimum atomic E-state index is 1.10. The van der Waals surface area contributed by atoms with Gasteiger partial charge in [0.2, 0.25) is 0 Å². The van der Waals surface area contributed by atoms with Crippen LogP contribution in [0.15, 0.2) is 63.5 Å². The van der Waals surface area contributed by atoms with Gasteiger partial charge in [-0.1, -0.05) is 61.7 Å². The first-order valence-electron chi connectivity index (χ1n) is 7.51. The Morgan fingerprint density at radius 1 is 0.696 bits per heavy atom. The van der Waals surface area contributed by atoms with E-state index in [1.54, 1.807) is 0 Å². The zero-order valence-corrected chi connectivity index (χ0v) is 16.1. The highest BCUT2D eigenvalue weighted by atomic mass is 79.9. The first-order chi connectivity index (χ1) is 11.0. The molecule has 4 aromatic rings. The van der Waals surface area contributed by atoms with E-state index in [0.29, 0.717) is 0 Å². The van der Waals surface area contributed by atoms with E-state index in [2.05, 4.69) is 105 Å². The van der Waals surface area contributed by atoms with Gasteiger partial charge in [-0.15, -0.1) is 0 Å². The summed E-state index contributed by atoms with van der Waals surface area (Å²) >= 11 is 7.24. The largest absolute Gasteiger partial charge is 0.309 e. The lowest BCUT2D eigenvalue weighted by Crippen LogP contribution is -1.97. The number of fused-ring (bicyclic) bond motifs is 3. The van der Waals surface area contributed by atoms with Crippen molar-refractivity contribution in [1.29, 1.82) is 0 Å². The highest BCUT2D eigenvalue weighted by molar-refractivity contribution is 9.10. The molecule has 4 rings (SSSR count). The number of hydrogen-bond donors (Lipinski definition) is 0. The number of aryl methyl sites for hydroxylation is 2. The maximum Gasteiger partial charge on any atom is 0.0552 e. The summed E-state index contributed by atoms with van der Waals surface area (Å²) in [4.78, 5) is 0. The summed E-state index contributed by atoms with van der Waals surface area (Å²) in [6, 6.07) is 19.6. The van der Waals surface area contributed by atoms with Gasteiger partial charge in [-0.3, -0.25) is 0 Å². The summed E-state index contributed by atoms with van der Waals surface area (Å²) in [6.45, 7) is 4.31. The van der Waals surface area contributed by atoms with Crippen molar-refractivity contribution in [3.63, 3.8) is 0 Å². The molecule has 1 nitrogen and oxygen atoms in total. The number of nitrogens with zero attached hydrogens (tertiary/aromatic N) is 1. The smallest absolute Gasteiger partial charge is 0.0552 e. The Kier molecular flexibility index (Phi) is 3.58. The maximum absolute atomic E-state index is 3.62. The van der Waals surface area contributed by atoms with Crippen molar-refractivity contribution in [2.24, 2.45) is 0 Å². The Bertz CT molecular complexity index is 1000. The average molecular weight is 429 g/mol. The van der Waals surface area contributed by atoms with E-state index in [0.717, 1.165) is 8.95 Å². The van der Waals surface area contributed by atoms with Gasteiger partial charge in [0.1, 0.15) is 0 Å². The lowest BCUT2D eigenvalue weighted by Gasteiger charge is -2.12. The highest BCUT2D eigenvalue weighted by Gasteiger charge is 2.14. The van der Waals surface area contributed by atoms with Crippen LogP contribution < -0.4 is 0 Å². The summed E-state index contributed by atoms with van der Waals surface area (Å²) in [5, 5.41) is 2.55. The molecule has 3 aromatic carbocycles. The lowest BCUT2D eigenvalue weighted by atomic mass is 10.1. The summed E-state index contributed by atoms with van der Waals surface area (Å²) in [6.07, 6.45) is 0. The van der Waals surface area contributed by atoms with Gasteiger partial charge in [-0.05, 0) is 49.7 Å². The molecule has 0 saturated heterocycles. The van der Waals surface area contributed by atoms with Crippen LogP contribution in [0.5, 0.6) is 0 Å². The van der Waals surface area contributed by atoms with Crippen LogP contribution in [0.1, 0.15) is 11.1 Å². The van der Waals surface area contributed by atoms with Crippen LogP contribution in [0.25, 0.3) is 27.5 Å². The first kappa shape index (κ1) is 15.0. The molecular formula is C20H15Br2N. The van der Waals surface area contributed by atoms with E-state index in [9.17, 15) is 0 Å². The topological polar surface area (TPSA) is 4.93 Å². The van der Waals surface area contributed by atoms with Crippen molar-refractivity contribution >= 4 is 53.7 Å². The minimum absolute atomic E-state index is 1.10. The molecular weight excluding hydrogens is 414 g/mol. The third-order valence-corrected chi connectivity index (χ3v) is 5.27. The van der Waals surface area contributed by atoms with E-state index < -0.39 is 0 Å². The summed E-state index contributed by atoms with van der Waals surface area (Å²) in [7, 11) is 0. The number of hydrogen-bond acceptors (Lipinski definition) is 0. The average Bonchev–Trinajstić information content (AvgIpc) is 2.80. The minimum Gasteiger partial charge on any atom is -0.309 e. The van der Waals surface area contributed by atoms with Gasteiger partial charge in [-0.2, -0.15) is 0 Å². The molecule has 3 heteroatoms. The quantitative estimate of drug-likeness (QED) is 0.310.